The fraction of sp³-hybridized carbons (Fsp3) is 0.270. The Kier molecular flexibility index (Phi) is 9.51. The number of hydrogen-bond acceptors (Lipinski definition) is 7. The number of rotatable bonds is 12. The molecule has 10 nitrogen and oxygen atoms in total. The summed E-state index contributed by atoms with van der Waals surface area (Å²) < 4.78 is 5.37. The number of amides is 5. The van der Waals surface area contributed by atoms with Gasteiger partial charge in [0.2, 0.25) is 11.8 Å². The first-order valence-corrected chi connectivity index (χ1v) is 15.7. The molecule has 1 unspecified atom stereocenters. The molecular formula is C37H36N4O6. The average molecular weight is 633 g/mol. The van der Waals surface area contributed by atoms with Gasteiger partial charge in [-0.05, 0) is 58.5 Å². The van der Waals surface area contributed by atoms with Crippen LogP contribution in [-0.4, -0.2) is 72.2 Å². The van der Waals surface area contributed by atoms with Crippen LogP contribution in [0.2, 0.25) is 0 Å². The predicted octanol–water partition coefficient (Wildman–Crippen LogP) is 3.86. The number of fused-ring (bicyclic) bond motifs is 2. The number of methoxy groups -OCH3 is 1. The van der Waals surface area contributed by atoms with Crippen LogP contribution >= 0.6 is 0 Å². The van der Waals surface area contributed by atoms with Crippen LogP contribution in [0.5, 0.6) is 0 Å². The number of piperidine rings is 1. The van der Waals surface area contributed by atoms with Crippen LogP contribution < -0.4 is 10.6 Å². The molecule has 4 aromatic carbocycles. The molecule has 10 heteroatoms. The van der Waals surface area contributed by atoms with Gasteiger partial charge in [-0.1, -0.05) is 66.7 Å². The highest BCUT2D eigenvalue weighted by molar-refractivity contribution is 6.24. The van der Waals surface area contributed by atoms with Gasteiger partial charge in [-0.25, -0.2) is 0 Å². The number of hydrogen-bond donors (Lipinski definition) is 2. The van der Waals surface area contributed by atoms with Crippen molar-refractivity contribution in [3.63, 3.8) is 0 Å². The molecule has 2 aliphatic rings. The summed E-state index contributed by atoms with van der Waals surface area (Å²) in [5.41, 5.74) is 3.81. The molecule has 2 heterocycles. The van der Waals surface area contributed by atoms with Gasteiger partial charge in [-0.2, -0.15) is 0 Å². The Labute approximate surface area is 272 Å². The van der Waals surface area contributed by atoms with E-state index in [2.05, 4.69) is 70.1 Å². The van der Waals surface area contributed by atoms with Gasteiger partial charge in [0.1, 0.15) is 6.04 Å². The Morgan fingerprint density at radius 3 is 2.43 bits per heavy atom. The van der Waals surface area contributed by atoms with E-state index in [4.69, 9.17) is 4.74 Å². The zero-order valence-corrected chi connectivity index (χ0v) is 26.2. The maximum absolute atomic E-state index is 13.1. The maximum atomic E-state index is 13.1. The van der Waals surface area contributed by atoms with Gasteiger partial charge in [0.25, 0.3) is 17.7 Å². The molecule has 1 fully saturated rings. The Morgan fingerprint density at radius 2 is 1.64 bits per heavy atom. The first kappa shape index (κ1) is 31.8. The van der Waals surface area contributed by atoms with Crippen LogP contribution in [0.3, 0.4) is 0 Å². The average Bonchev–Trinajstić information content (AvgIpc) is 3.33. The Balaban J connectivity index is 1.05. The highest BCUT2D eigenvalue weighted by Gasteiger charge is 2.44. The molecule has 0 bridgehead atoms. The van der Waals surface area contributed by atoms with E-state index in [-0.39, 0.29) is 36.1 Å². The number of carbonyl (C=O) groups excluding carboxylic acids is 5. The molecule has 0 spiro atoms. The van der Waals surface area contributed by atoms with Crippen LogP contribution in [0.15, 0.2) is 84.9 Å². The second kappa shape index (κ2) is 14.1. The SMILES string of the molecule is COCCN(CCc1cccc2ccccc12)Cc1ccc(CNC(=O)c2ccc3c(c2)C(=O)N(C2CCC(=O)NC2=O)C3=O)cc1. The fourth-order valence-electron chi connectivity index (χ4n) is 6.20. The van der Waals surface area contributed by atoms with Crippen LogP contribution in [0.1, 0.15) is 60.6 Å². The first-order valence-electron chi connectivity index (χ1n) is 15.7. The molecular weight excluding hydrogens is 596 g/mol. The summed E-state index contributed by atoms with van der Waals surface area (Å²) in [7, 11) is 1.71. The lowest BCUT2D eigenvalue weighted by atomic mass is 10.0. The third-order valence-electron chi connectivity index (χ3n) is 8.77. The highest BCUT2D eigenvalue weighted by atomic mass is 16.5. The van der Waals surface area contributed by atoms with Crippen molar-refractivity contribution in [1.29, 1.82) is 0 Å². The van der Waals surface area contributed by atoms with Crippen LogP contribution in [0.25, 0.3) is 10.8 Å². The molecule has 47 heavy (non-hydrogen) atoms. The van der Waals surface area contributed by atoms with E-state index in [1.165, 1.54) is 34.5 Å². The van der Waals surface area contributed by atoms with Crippen molar-refractivity contribution in [2.75, 3.05) is 26.8 Å². The topological polar surface area (TPSA) is 125 Å². The lowest BCUT2D eigenvalue weighted by Crippen LogP contribution is -2.54. The van der Waals surface area contributed by atoms with Crippen molar-refractivity contribution in [3.8, 4) is 0 Å². The number of nitrogens with one attached hydrogen (secondary N) is 2. The largest absolute Gasteiger partial charge is 0.383 e. The monoisotopic (exact) mass is 632 g/mol. The highest BCUT2D eigenvalue weighted by Crippen LogP contribution is 2.28. The van der Waals surface area contributed by atoms with Gasteiger partial charge in [0.15, 0.2) is 0 Å². The molecule has 5 amide bonds. The van der Waals surface area contributed by atoms with Gasteiger partial charge in [-0.15, -0.1) is 0 Å². The second-order valence-corrected chi connectivity index (χ2v) is 11.9. The van der Waals surface area contributed by atoms with Crippen molar-refractivity contribution >= 4 is 40.3 Å². The van der Waals surface area contributed by atoms with Crippen molar-refractivity contribution < 1.29 is 28.7 Å². The van der Waals surface area contributed by atoms with Crippen molar-refractivity contribution in [1.82, 2.24) is 20.4 Å². The molecule has 2 N–H and O–H groups in total. The minimum Gasteiger partial charge on any atom is -0.383 e. The molecule has 1 saturated heterocycles. The number of nitrogens with zero attached hydrogens (tertiary/aromatic N) is 2. The Morgan fingerprint density at radius 1 is 0.894 bits per heavy atom. The van der Waals surface area contributed by atoms with Gasteiger partial charge < -0.3 is 10.1 Å². The fourth-order valence-corrected chi connectivity index (χ4v) is 6.20. The van der Waals surface area contributed by atoms with E-state index in [0.29, 0.717) is 6.61 Å². The summed E-state index contributed by atoms with van der Waals surface area (Å²) >= 11 is 0. The summed E-state index contributed by atoms with van der Waals surface area (Å²) in [6, 6.07) is 26.2. The minimum absolute atomic E-state index is 0.0381. The minimum atomic E-state index is -1.06. The van der Waals surface area contributed by atoms with Crippen LogP contribution in [0, 0.1) is 0 Å². The molecule has 0 radical (unpaired) electrons. The summed E-state index contributed by atoms with van der Waals surface area (Å²) in [6.45, 7) is 3.37. The number of carbonyl (C=O) groups is 5. The van der Waals surface area contributed by atoms with Crippen LogP contribution in [-0.2, 0) is 33.8 Å². The third kappa shape index (κ3) is 6.98. The summed E-state index contributed by atoms with van der Waals surface area (Å²) in [4.78, 5) is 66.2. The van der Waals surface area contributed by atoms with Crippen molar-refractivity contribution in [2.24, 2.45) is 0 Å². The normalized spacial score (nSPS) is 16.1. The Bertz CT molecular complexity index is 1850. The molecule has 0 aliphatic carbocycles. The van der Waals surface area contributed by atoms with Gasteiger partial charge >= 0.3 is 0 Å². The molecule has 4 aromatic rings. The lowest BCUT2D eigenvalue weighted by Gasteiger charge is -2.27. The third-order valence-corrected chi connectivity index (χ3v) is 8.77. The van der Waals surface area contributed by atoms with E-state index in [0.717, 1.165) is 42.1 Å². The van der Waals surface area contributed by atoms with Gasteiger partial charge in [0.05, 0.1) is 17.7 Å². The quantitative estimate of drug-likeness (QED) is 0.227. The van der Waals surface area contributed by atoms with Crippen molar-refractivity contribution in [2.45, 2.75) is 38.4 Å². The standard InChI is InChI=1S/C37H36N4O6/c1-47-20-19-40(18-17-27-7-4-6-26-5-2-3-8-29(26)27)23-25-11-9-24(10-12-25)22-38-34(43)28-13-14-30-31(21-28)37(46)41(36(30)45)32-15-16-33(42)39-35(32)44/h2-14,21,32H,15-20,22-23H2,1H3,(H,38,43)(H,39,42,44). The molecule has 0 aromatic heterocycles. The number of benzene rings is 4. The first-order chi connectivity index (χ1) is 22.8. The van der Waals surface area contributed by atoms with Gasteiger partial charge in [-0.3, -0.25) is 39.1 Å². The predicted molar refractivity (Wildman–Crippen MR) is 176 cm³/mol. The number of ether oxygens (including phenoxy) is 1. The van der Waals surface area contributed by atoms with E-state index < -0.39 is 35.6 Å². The van der Waals surface area contributed by atoms with E-state index >= 15 is 0 Å². The zero-order chi connectivity index (χ0) is 32.9. The molecule has 0 saturated carbocycles. The van der Waals surface area contributed by atoms with Crippen LogP contribution in [0.4, 0.5) is 0 Å². The van der Waals surface area contributed by atoms with E-state index in [1.54, 1.807) is 7.11 Å². The molecule has 1 atom stereocenters. The molecule has 2 aliphatic heterocycles. The zero-order valence-electron chi connectivity index (χ0n) is 26.2. The van der Waals surface area contributed by atoms with E-state index in [9.17, 15) is 24.0 Å². The van der Waals surface area contributed by atoms with E-state index in [1.807, 2.05) is 12.1 Å². The lowest BCUT2D eigenvalue weighted by molar-refractivity contribution is -0.136. The summed E-state index contributed by atoms with van der Waals surface area (Å²) in [5, 5.41) is 7.58. The number of imide groups is 2. The second-order valence-electron chi connectivity index (χ2n) is 11.9. The maximum Gasteiger partial charge on any atom is 0.262 e. The smallest absolute Gasteiger partial charge is 0.262 e. The molecule has 6 rings (SSSR count). The molecule has 240 valence electrons. The van der Waals surface area contributed by atoms with Gasteiger partial charge in [0, 0.05) is 45.3 Å². The summed E-state index contributed by atoms with van der Waals surface area (Å²) in [5.74, 6) is -2.77. The summed E-state index contributed by atoms with van der Waals surface area (Å²) in [6.07, 6.45) is 1.03. The van der Waals surface area contributed by atoms with Crippen molar-refractivity contribution in [3.05, 3.63) is 118 Å². The Hall–Kier alpha value is -5.19.